The third kappa shape index (κ3) is 4.44. The zero-order valence-corrected chi connectivity index (χ0v) is 18.5. The minimum Gasteiger partial charge on any atom is -0.465 e. The van der Waals surface area contributed by atoms with Gasteiger partial charge in [0.15, 0.2) is 0 Å². The van der Waals surface area contributed by atoms with Gasteiger partial charge in [-0.15, -0.1) is 11.3 Å². The number of hydrogen-bond donors (Lipinski definition) is 1. The number of halogens is 1. The fraction of sp³-hybridized carbons (Fsp3) is 0.476. The van der Waals surface area contributed by atoms with Gasteiger partial charge in [0.2, 0.25) is 0 Å². The summed E-state index contributed by atoms with van der Waals surface area (Å²) in [6, 6.07) is 6.39. The first-order chi connectivity index (χ1) is 14.4. The molecule has 0 atom stereocenters. The molecular weight excluding hydrogens is 427 g/mol. The van der Waals surface area contributed by atoms with E-state index in [2.05, 4.69) is 9.62 Å². The van der Waals surface area contributed by atoms with E-state index in [1.807, 2.05) is 6.07 Å². The van der Waals surface area contributed by atoms with Crippen LogP contribution in [-0.2, 0) is 34.3 Å². The number of hydrogen-bond acceptors (Lipinski definition) is 6. The van der Waals surface area contributed by atoms with Gasteiger partial charge in [0.25, 0.3) is 10.0 Å². The van der Waals surface area contributed by atoms with Gasteiger partial charge in [0, 0.05) is 30.6 Å². The van der Waals surface area contributed by atoms with E-state index in [0.717, 1.165) is 53.0 Å². The molecule has 1 aromatic heterocycles. The number of rotatable bonds is 6. The van der Waals surface area contributed by atoms with Crippen molar-refractivity contribution in [3.05, 3.63) is 51.7 Å². The van der Waals surface area contributed by atoms with Crippen LogP contribution in [0.2, 0.25) is 0 Å². The summed E-state index contributed by atoms with van der Waals surface area (Å²) in [5, 5.41) is 0. The minimum absolute atomic E-state index is 0.0545. The van der Waals surface area contributed by atoms with Gasteiger partial charge in [-0.3, -0.25) is 4.90 Å². The first kappa shape index (κ1) is 21.4. The highest BCUT2D eigenvalue weighted by atomic mass is 32.2. The van der Waals surface area contributed by atoms with E-state index < -0.39 is 16.0 Å². The topological polar surface area (TPSA) is 75.7 Å². The van der Waals surface area contributed by atoms with E-state index >= 15 is 0 Å². The number of methoxy groups -OCH3 is 1. The van der Waals surface area contributed by atoms with Gasteiger partial charge >= 0.3 is 5.97 Å². The highest BCUT2D eigenvalue weighted by Crippen LogP contribution is 2.37. The average Bonchev–Trinajstić information content (AvgIpc) is 3.34. The summed E-state index contributed by atoms with van der Waals surface area (Å²) in [5.74, 6) is -0.890. The number of fused-ring (bicyclic) bond motifs is 1. The maximum absolute atomic E-state index is 13.5. The van der Waals surface area contributed by atoms with Gasteiger partial charge in [-0.2, -0.15) is 0 Å². The number of nitrogens with one attached hydrogen (secondary N) is 1. The quantitative estimate of drug-likeness (QED) is 0.680. The predicted molar refractivity (Wildman–Crippen MR) is 112 cm³/mol. The van der Waals surface area contributed by atoms with E-state index in [-0.39, 0.29) is 21.6 Å². The third-order valence-corrected chi connectivity index (χ3v) is 8.96. The van der Waals surface area contributed by atoms with Crippen molar-refractivity contribution in [2.45, 2.75) is 55.4 Å². The summed E-state index contributed by atoms with van der Waals surface area (Å²) >= 11 is 1.15. The minimum atomic E-state index is -3.81. The van der Waals surface area contributed by atoms with Crippen molar-refractivity contribution in [2.24, 2.45) is 0 Å². The Bertz CT molecular complexity index is 1050. The number of carbonyl (C=O) groups excluding carboxylic acids is 1. The lowest BCUT2D eigenvalue weighted by Gasteiger charge is -2.27. The lowest BCUT2D eigenvalue weighted by Crippen LogP contribution is -2.33. The Balaban J connectivity index is 1.62. The standard InChI is InChI=1S/C21H25FN2O4S2/c1-28-20(25)19-17-9-10-24(12-14-5-4-6-15(22)11-14)13-18(17)29-21(19)30(26,27)23-16-7-2-3-8-16/h4-6,11,16,23H,2-3,7-10,12-13H2,1H3. The molecular formula is C21H25FN2O4S2. The van der Waals surface area contributed by atoms with Crippen molar-refractivity contribution >= 4 is 27.3 Å². The Morgan fingerprint density at radius 1 is 1.33 bits per heavy atom. The molecule has 0 spiro atoms. The van der Waals surface area contributed by atoms with Crippen LogP contribution in [0.5, 0.6) is 0 Å². The van der Waals surface area contributed by atoms with Crippen LogP contribution >= 0.6 is 11.3 Å². The molecule has 0 radical (unpaired) electrons. The van der Waals surface area contributed by atoms with Gasteiger partial charge in [-0.25, -0.2) is 22.3 Å². The Hall–Kier alpha value is -1.81. The van der Waals surface area contributed by atoms with Gasteiger partial charge in [-0.1, -0.05) is 25.0 Å². The molecule has 2 heterocycles. The number of sulfonamides is 1. The Morgan fingerprint density at radius 3 is 2.80 bits per heavy atom. The van der Waals surface area contributed by atoms with Crippen LogP contribution in [0.15, 0.2) is 28.5 Å². The second-order valence-corrected chi connectivity index (χ2v) is 10.9. The van der Waals surface area contributed by atoms with Crippen LogP contribution in [0.3, 0.4) is 0 Å². The summed E-state index contributed by atoms with van der Waals surface area (Å²) in [5.41, 5.74) is 1.79. The normalized spacial score (nSPS) is 17.8. The molecule has 0 saturated heterocycles. The zero-order chi connectivity index (χ0) is 21.3. The van der Waals surface area contributed by atoms with Crippen molar-refractivity contribution in [2.75, 3.05) is 13.7 Å². The number of benzene rings is 1. The summed E-state index contributed by atoms with van der Waals surface area (Å²) in [4.78, 5) is 15.5. The molecule has 0 amide bonds. The second-order valence-electron chi connectivity index (χ2n) is 7.85. The van der Waals surface area contributed by atoms with E-state index in [1.54, 1.807) is 6.07 Å². The number of nitrogens with zero attached hydrogens (tertiary/aromatic N) is 1. The van der Waals surface area contributed by atoms with Gasteiger partial charge in [0.05, 0.1) is 12.7 Å². The summed E-state index contributed by atoms with van der Waals surface area (Å²) in [6.45, 7) is 1.73. The largest absolute Gasteiger partial charge is 0.465 e. The zero-order valence-electron chi connectivity index (χ0n) is 16.8. The van der Waals surface area contributed by atoms with Gasteiger partial charge in [0.1, 0.15) is 10.0 Å². The first-order valence-corrected chi connectivity index (χ1v) is 12.4. The predicted octanol–water partition coefficient (Wildman–Crippen LogP) is 3.45. The summed E-state index contributed by atoms with van der Waals surface area (Å²) in [7, 11) is -2.54. The SMILES string of the molecule is COC(=O)c1c(S(=O)(=O)NC2CCCC2)sc2c1CCN(Cc1cccc(F)c1)C2. The van der Waals surface area contributed by atoms with Crippen molar-refractivity contribution < 1.29 is 22.3 Å². The fourth-order valence-corrected chi connectivity index (χ4v) is 7.52. The average molecular weight is 453 g/mol. The summed E-state index contributed by atoms with van der Waals surface area (Å²) in [6.07, 6.45) is 4.20. The molecule has 1 saturated carbocycles. The van der Waals surface area contributed by atoms with Gasteiger partial charge < -0.3 is 4.74 Å². The maximum Gasteiger partial charge on any atom is 0.340 e. The van der Waals surface area contributed by atoms with Crippen LogP contribution in [0.4, 0.5) is 4.39 Å². The second kappa shape index (κ2) is 8.74. The van der Waals surface area contributed by atoms with Crippen LogP contribution in [0, 0.1) is 5.82 Å². The highest BCUT2D eigenvalue weighted by molar-refractivity contribution is 7.91. The lowest BCUT2D eigenvalue weighted by molar-refractivity contribution is 0.0595. The van der Waals surface area contributed by atoms with Crippen molar-refractivity contribution in [1.29, 1.82) is 0 Å². The first-order valence-electron chi connectivity index (χ1n) is 10.1. The molecule has 2 aromatic rings. The van der Waals surface area contributed by atoms with Crippen molar-refractivity contribution in [1.82, 2.24) is 9.62 Å². The maximum atomic E-state index is 13.5. The number of thiophene rings is 1. The van der Waals surface area contributed by atoms with E-state index in [9.17, 15) is 17.6 Å². The number of ether oxygens (including phenoxy) is 1. The molecule has 9 heteroatoms. The molecule has 1 fully saturated rings. The van der Waals surface area contributed by atoms with Crippen molar-refractivity contribution in [3.63, 3.8) is 0 Å². The lowest BCUT2D eigenvalue weighted by atomic mass is 10.0. The van der Waals surface area contributed by atoms with Gasteiger partial charge in [-0.05, 0) is 42.5 Å². The molecule has 6 nitrogen and oxygen atoms in total. The van der Waals surface area contributed by atoms with Crippen LogP contribution in [-0.4, -0.2) is 39.0 Å². The van der Waals surface area contributed by atoms with Crippen LogP contribution < -0.4 is 4.72 Å². The Morgan fingerprint density at radius 2 is 2.10 bits per heavy atom. The molecule has 2 aliphatic rings. The monoisotopic (exact) mass is 452 g/mol. The molecule has 1 N–H and O–H groups in total. The van der Waals surface area contributed by atoms with Crippen LogP contribution in [0.1, 0.15) is 52.0 Å². The van der Waals surface area contributed by atoms with E-state index in [1.165, 1.54) is 19.2 Å². The summed E-state index contributed by atoms with van der Waals surface area (Å²) < 4.78 is 47.4. The molecule has 162 valence electrons. The molecule has 4 rings (SSSR count). The molecule has 0 unspecified atom stereocenters. The Labute approximate surface area is 180 Å². The van der Waals surface area contributed by atoms with E-state index in [4.69, 9.17) is 4.74 Å². The molecule has 1 aliphatic heterocycles. The molecule has 30 heavy (non-hydrogen) atoms. The molecule has 1 aromatic carbocycles. The Kier molecular flexibility index (Phi) is 6.24. The molecule has 0 bridgehead atoms. The van der Waals surface area contributed by atoms with Crippen LogP contribution in [0.25, 0.3) is 0 Å². The van der Waals surface area contributed by atoms with Crippen molar-refractivity contribution in [3.8, 4) is 0 Å². The number of esters is 1. The number of carbonyl (C=O) groups is 1. The highest BCUT2D eigenvalue weighted by Gasteiger charge is 2.35. The third-order valence-electron chi connectivity index (χ3n) is 5.71. The smallest absolute Gasteiger partial charge is 0.340 e. The van der Waals surface area contributed by atoms with E-state index in [0.29, 0.717) is 26.1 Å². The fourth-order valence-electron chi connectivity index (χ4n) is 4.27. The molecule has 1 aliphatic carbocycles.